The van der Waals surface area contributed by atoms with Gasteiger partial charge in [0.15, 0.2) is 0 Å². The number of aryl methyl sites for hydroxylation is 1. The number of piperidine rings is 1. The maximum absolute atomic E-state index is 13.2. The number of likely N-dealkylation sites (tertiary alicyclic amines) is 1. The van der Waals surface area contributed by atoms with E-state index in [0.29, 0.717) is 30.6 Å². The van der Waals surface area contributed by atoms with Crippen LogP contribution in [0.1, 0.15) is 81.9 Å². The Labute approximate surface area is 311 Å². The van der Waals surface area contributed by atoms with Gasteiger partial charge in [-0.1, -0.05) is 13.8 Å². The van der Waals surface area contributed by atoms with Crippen molar-refractivity contribution in [3.05, 3.63) is 45.4 Å². The Kier molecular flexibility index (Phi) is 11.3. The first kappa shape index (κ1) is 37.2. The number of amides is 2. The molecule has 2 saturated carbocycles. The van der Waals surface area contributed by atoms with Crippen LogP contribution in [0.2, 0.25) is 0 Å². The quantitative estimate of drug-likeness (QED) is 0.363. The van der Waals surface area contributed by atoms with Crippen molar-refractivity contribution in [2.24, 2.45) is 30.7 Å². The van der Waals surface area contributed by atoms with Gasteiger partial charge in [-0.25, -0.2) is 4.79 Å². The van der Waals surface area contributed by atoms with Crippen molar-refractivity contribution >= 4 is 6.03 Å². The van der Waals surface area contributed by atoms with Crippen LogP contribution in [0.3, 0.4) is 0 Å². The van der Waals surface area contributed by atoms with E-state index in [1.807, 2.05) is 6.20 Å². The molecule has 5 aliphatic rings. The van der Waals surface area contributed by atoms with Gasteiger partial charge in [0.05, 0.1) is 26.3 Å². The average molecular weight is 717 g/mol. The molecule has 7 rings (SSSR count). The molecule has 2 unspecified atom stereocenters. The third-order valence-corrected chi connectivity index (χ3v) is 13.6. The number of hydrogen-bond acceptors (Lipinski definition) is 7. The second kappa shape index (κ2) is 15.7. The van der Waals surface area contributed by atoms with Crippen molar-refractivity contribution < 1.29 is 14.3 Å². The SMILES string of the molecule is CNC(=O)N1CCc2c(-c3cc(OC)c(CN4CCC(CCN5CCN(C67CC(C)CC(CC(C)C6)C7)CC5)CC4)c(OC)c3)cn(C)c(=O)c2C1. The van der Waals surface area contributed by atoms with E-state index in [4.69, 9.17) is 9.47 Å². The predicted octanol–water partition coefficient (Wildman–Crippen LogP) is 5.59. The summed E-state index contributed by atoms with van der Waals surface area (Å²) in [6, 6.07) is 4.03. The number of hydrogen-bond donors (Lipinski definition) is 1. The number of nitrogens with zero attached hydrogens (tertiary/aromatic N) is 5. The van der Waals surface area contributed by atoms with Gasteiger partial charge in [-0.3, -0.25) is 14.6 Å². The Morgan fingerprint density at radius 3 is 2.15 bits per heavy atom. The molecule has 2 aromatic rings. The molecule has 3 aliphatic heterocycles. The Morgan fingerprint density at radius 1 is 0.885 bits per heavy atom. The molecular formula is C42H64N6O4. The van der Waals surface area contributed by atoms with Crippen molar-refractivity contribution in [2.75, 3.05) is 73.6 Å². The fraction of sp³-hybridized carbons (Fsp3) is 0.714. The fourth-order valence-electron chi connectivity index (χ4n) is 11.2. The van der Waals surface area contributed by atoms with E-state index in [-0.39, 0.29) is 11.6 Å². The highest BCUT2D eigenvalue weighted by molar-refractivity contribution is 5.76. The van der Waals surface area contributed by atoms with E-state index < -0.39 is 0 Å². The zero-order valence-electron chi connectivity index (χ0n) is 32.8. The van der Waals surface area contributed by atoms with Crippen LogP contribution >= 0.6 is 0 Å². The normalized spacial score (nSPS) is 27.7. The summed E-state index contributed by atoms with van der Waals surface area (Å²) in [7, 11) is 6.86. The minimum atomic E-state index is -0.163. The number of fused-ring (bicyclic) bond motifs is 3. The van der Waals surface area contributed by atoms with Crippen molar-refractivity contribution in [2.45, 2.75) is 90.3 Å². The number of aromatic nitrogens is 1. The molecule has 2 bridgehead atoms. The van der Waals surface area contributed by atoms with Crippen LogP contribution in [-0.2, 0) is 26.6 Å². The van der Waals surface area contributed by atoms with E-state index in [9.17, 15) is 9.59 Å². The molecule has 4 fully saturated rings. The number of methoxy groups -OCH3 is 2. The number of benzene rings is 1. The molecule has 0 radical (unpaired) electrons. The molecule has 52 heavy (non-hydrogen) atoms. The molecule has 2 amide bonds. The lowest BCUT2D eigenvalue weighted by Gasteiger charge is -2.57. The minimum Gasteiger partial charge on any atom is -0.496 e. The minimum absolute atomic E-state index is 0.0605. The van der Waals surface area contributed by atoms with Gasteiger partial charge in [0.2, 0.25) is 0 Å². The number of carbonyl (C=O) groups is 1. The van der Waals surface area contributed by atoms with Gasteiger partial charge in [-0.15, -0.1) is 0 Å². The van der Waals surface area contributed by atoms with Crippen LogP contribution in [0, 0.1) is 23.7 Å². The molecule has 0 spiro atoms. The molecular weight excluding hydrogens is 653 g/mol. The molecule has 1 N–H and O–H groups in total. The first-order valence-electron chi connectivity index (χ1n) is 20.2. The second-order valence-corrected chi connectivity index (χ2v) is 17.2. The summed E-state index contributed by atoms with van der Waals surface area (Å²) < 4.78 is 13.7. The highest BCUT2D eigenvalue weighted by Crippen LogP contribution is 2.50. The van der Waals surface area contributed by atoms with Crippen LogP contribution in [0.4, 0.5) is 4.79 Å². The van der Waals surface area contributed by atoms with E-state index in [1.54, 1.807) is 37.8 Å². The third-order valence-electron chi connectivity index (χ3n) is 13.6. The molecule has 1 aromatic heterocycles. The van der Waals surface area contributed by atoms with Crippen LogP contribution in [0.5, 0.6) is 11.5 Å². The van der Waals surface area contributed by atoms with Gasteiger partial charge in [-0.05, 0) is 124 Å². The molecule has 2 saturated heterocycles. The summed E-state index contributed by atoms with van der Waals surface area (Å²) in [5.74, 6) is 5.13. The van der Waals surface area contributed by atoms with Crippen molar-refractivity contribution in [1.82, 2.24) is 29.5 Å². The van der Waals surface area contributed by atoms with Crippen LogP contribution < -0.4 is 20.3 Å². The lowest BCUT2D eigenvalue weighted by molar-refractivity contribution is -0.0600. The number of ether oxygens (including phenoxy) is 2. The number of piperazine rings is 1. The number of carbonyl (C=O) groups excluding carboxylic acids is 1. The van der Waals surface area contributed by atoms with Gasteiger partial charge < -0.3 is 29.2 Å². The standard InChI is InChI=1S/C42H64N6O4/c1-29-19-32-20-30(2)24-42(23-29,25-32)48-17-15-45(16-18-48)11-7-31-8-12-46(13-9-31)27-37-38(51-5)21-33(22-39(37)52-6)35-26-44(4)40(49)36-28-47(41(50)43-3)14-10-34(35)36/h21-22,26,29-32H,7-20,23-25,27-28H2,1-6H3,(H,43,50). The van der Waals surface area contributed by atoms with E-state index in [0.717, 1.165) is 77.1 Å². The number of urea groups is 1. The van der Waals surface area contributed by atoms with Crippen LogP contribution in [0.15, 0.2) is 23.1 Å². The lowest BCUT2D eigenvalue weighted by atomic mass is 9.60. The summed E-state index contributed by atoms with van der Waals surface area (Å²) in [5, 5.41) is 2.69. The Hall–Kier alpha value is -3.08. The van der Waals surface area contributed by atoms with E-state index in [1.165, 1.54) is 84.1 Å². The molecule has 4 heterocycles. The van der Waals surface area contributed by atoms with E-state index >= 15 is 0 Å². The summed E-state index contributed by atoms with van der Waals surface area (Å²) in [6.45, 7) is 15.1. The van der Waals surface area contributed by atoms with Crippen LogP contribution in [-0.4, -0.2) is 109 Å². The van der Waals surface area contributed by atoms with Gasteiger partial charge >= 0.3 is 6.03 Å². The van der Waals surface area contributed by atoms with Crippen molar-refractivity contribution in [3.63, 3.8) is 0 Å². The largest absolute Gasteiger partial charge is 0.496 e. The topological polar surface area (TPSA) is 82.5 Å². The highest BCUT2D eigenvalue weighted by atomic mass is 16.5. The van der Waals surface area contributed by atoms with E-state index in [2.05, 4.69) is 46.0 Å². The maximum Gasteiger partial charge on any atom is 0.317 e. The molecule has 286 valence electrons. The predicted molar refractivity (Wildman–Crippen MR) is 207 cm³/mol. The summed E-state index contributed by atoms with van der Waals surface area (Å²) in [6.07, 6.45) is 13.5. The molecule has 10 nitrogen and oxygen atoms in total. The first-order valence-corrected chi connectivity index (χ1v) is 20.2. The first-order chi connectivity index (χ1) is 25.1. The van der Waals surface area contributed by atoms with Crippen molar-refractivity contribution in [1.29, 1.82) is 0 Å². The average Bonchev–Trinajstić information content (AvgIpc) is 3.15. The number of pyridine rings is 1. The Morgan fingerprint density at radius 2 is 1.54 bits per heavy atom. The zero-order chi connectivity index (χ0) is 36.6. The lowest BCUT2D eigenvalue weighted by Crippen LogP contribution is -2.61. The Bertz CT molecular complexity index is 1600. The second-order valence-electron chi connectivity index (χ2n) is 17.2. The van der Waals surface area contributed by atoms with Crippen molar-refractivity contribution in [3.8, 4) is 22.6 Å². The summed E-state index contributed by atoms with van der Waals surface area (Å²) in [4.78, 5) is 35.5. The van der Waals surface area contributed by atoms with Gasteiger partial charge in [0, 0.05) is 76.2 Å². The number of nitrogens with one attached hydrogen (secondary N) is 1. The molecule has 2 aliphatic carbocycles. The molecule has 10 heteroatoms. The third kappa shape index (κ3) is 7.62. The fourth-order valence-corrected chi connectivity index (χ4v) is 11.2. The van der Waals surface area contributed by atoms with Gasteiger partial charge in [0.1, 0.15) is 11.5 Å². The molecule has 2 atom stereocenters. The van der Waals surface area contributed by atoms with Gasteiger partial charge in [-0.2, -0.15) is 0 Å². The zero-order valence-corrected chi connectivity index (χ0v) is 32.8. The monoisotopic (exact) mass is 716 g/mol. The van der Waals surface area contributed by atoms with Crippen LogP contribution in [0.25, 0.3) is 11.1 Å². The summed E-state index contributed by atoms with van der Waals surface area (Å²) >= 11 is 0. The maximum atomic E-state index is 13.2. The molecule has 1 aromatic carbocycles. The summed E-state index contributed by atoms with van der Waals surface area (Å²) in [5.41, 5.74) is 5.12. The Balaban J connectivity index is 0.944. The highest BCUT2D eigenvalue weighted by Gasteiger charge is 2.48. The number of rotatable bonds is 9. The van der Waals surface area contributed by atoms with Gasteiger partial charge in [0.25, 0.3) is 5.56 Å². The smallest absolute Gasteiger partial charge is 0.317 e.